The van der Waals surface area contributed by atoms with E-state index in [1.165, 1.54) is 5.56 Å². The second-order valence-corrected chi connectivity index (χ2v) is 4.99. The van der Waals surface area contributed by atoms with Gasteiger partial charge < -0.3 is 5.32 Å². The Balaban J connectivity index is 2.13. The molecule has 4 nitrogen and oxygen atoms in total. The highest BCUT2D eigenvalue weighted by atomic mass is 14.9. The first kappa shape index (κ1) is 14.6. The molecule has 2 rings (SSSR count). The van der Waals surface area contributed by atoms with Crippen molar-refractivity contribution >= 4 is 0 Å². The number of aryl methyl sites for hydroxylation is 2. The fourth-order valence-electron chi connectivity index (χ4n) is 2.36. The van der Waals surface area contributed by atoms with Gasteiger partial charge in [0.2, 0.25) is 0 Å². The Kier molecular flexibility index (Phi) is 5.18. The lowest BCUT2D eigenvalue weighted by Gasteiger charge is -2.10. The van der Waals surface area contributed by atoms with Gasteiger partial charge in [0.1, 0.15) is 5.82 Å². The highest BCUT2D eigenvalue weighted by Gasteiger charge is 2.09. The summed E-state index contributed by atoms with van der Waals surface area (Å²) in [5, 5.41) is 3.17. The lowest BCUT2D eigenvalue weighted by Crippen LogP contribution is -2.11. The van der Waals surface area contributed by atoms with E-state index in [-0.39, 0.29) is 0 Å². The fourth-order valence-corrected chi connectivity index (χ4v) is 2.36. The van der Waals surface area contributed by atoms with E-state index in [9.17, 15) is 0 Å². The predicted molar refractivity (Wildman–Crippen MR) is 80.8 cm³/mol. The quantitative estimate of drug-likeness (QED) is 0.818. The highest BCUT2D eigenvalue weighted by molar-refractivity contribution is 5.25. The summed E-state index contributed by atoms with van der Waals surface area (Å²) >= 11 is 0. The van der Waals surface area contributed by atoms with Gasteiger partial charge in [0.25, 0.3) is 0 Å². The van der Waals surface area contributed by atoms with E-state index in [0.717, 1.165) is 42.3 Å². The Labute approximate surface area is 120 Å². The minimum Gasteiger partial charge on any atom is -0.320 e. The highest BCUT2D eigenvalue weighted by Crippen LogP contribution is 2.14. The number of aromatic nitrogens is 3. The molecule has 2 heterocycles. The van der Waals surface area contributed by atoms with Crippen molar-refractivity contribution < 1.29 is 0 Å². The molecule has 0 fully saturated rings. The van der Waals surface area contributed by atoms with Crippen molar-refractivity contribution in [2.75, 3.05) is 13.6 Å². The maximum absolute atomic E-state index is 4.64. The lowest BCUT2D eigenvalue weighted by molar-refractivity contribution is 0.712. The van der Waals surface area contributed by atoms with E-state index in [1.807, 2.05) is 25.2 Å². The first-order chi connectivity index (χ1) is 9.70. The minimum atomic E-state index is 0.694. The fraction of sp³-hybridized carbons (Fsp3) is 0.438. The van der Waals surface area contributed by atoms with E-state index in [1.54, 1.807) is 6.20 Å². The van der Waals surface area contributed by atoms with Crippen molar-refractivity contribution in [2.45, 2.75) is 33.1 Å². The smallest absolute Gasteiger partial charge is 0.134 e. The van der Waals surface area contributed by atoms with Crippen LogP contribution in [-0.2, 0) is 12.8 Å². The molecule has 1 N–H and O–H groups in total. The summed E-state index contributed by atoms with van der Waals surface area (Å²) in [5.74, 6) is 0.857. The Morgan fingerprint density at radius 3 is 2.45 bits per heavy atom. The molecule has 0 aromatic carbocycles. The zero-order chi connectivity index (χ0) is 14.4. The number of hydrogen-bond donors (Lipinski definition) is 1. The predicted octanol–water partition coefficient (Wildman–Crippen LogP) is 2.23. The van der Waals surface area contributed by atoms with Crippen LogP contribution in [0.15, 0.2) is 24.4 Å². The summed E-state index contributed by atoms with van der Waals surface area (Å²) in [6.45, 7) is 5.17. The zero-order valence-electron chi connectivity index (χ0n) is 12.5. The molecule has 0 saturated carbocycles. The van der Waals surface area contributed by atoms with Crippen LogP contribution < -0.4 is 5.32 Å². The van der Waals surface area contributed by atoms with Crippen LogP contribution in [0, 0.1) is 13.8 Å². The van der Waals surface area contributed by atoms with Gasteiger partial charge in [0, 0.05) is 23.3 Å². The molecule has 0 unspecified atom stereocenters. The molecule has 0 radical (unpaired) electrons. The standard InChI is InChI=1S/C16H22N4/c1-12-15(8-6-9-17-3)13(2)20-16(19-12)11-14-7-4-5-10-18-14/h4-5,7,10,17H,6,8-9,11H2,1-3H3. The Hall–Kier alpha value is -1.81. The molecule has 0 spiro atoms. The third-order valence-corrected chi connectivity index (χ3v) is 3.39. The van der Waals surface area contributed by atoms with Gasteiger partial charge in [-0.25, -0.2) is 9.97 Å². The molecule has 0 amide bonds. The Bertz CT molecular complexity index is 529. The summed E-state index contributed by atoms with van der Waals surface area (Å²) < 4.78 is 0. The largest absolute Gasteiger partial charge is 0.320 e. The second kappa shape index (κ2) is 7.10. The van der Waals surface area contributed by atoms with Gasteiger partial charge in [-0.15, -0.1) is 0 Å². The van der Waals surface area contributed by atoms with E-state index >= 15 is 0 Å². The van der Waals surface area contributed by atoms with Crippen LogP contribution in [-0.4, -0.2) is 28.5 Å². The van der Waals surface area contributed by atoms with Crippen LogP contribution >= 0.6 is 0 Å². The molecule has 4 heteroatoms. The van der Waals surface area contributed by atoms with Gasteiger partial charge in [-0.3, -0.25) is 4.98 Å². The van der Waals surface area contributed by atoms with Crippen LogP contribution in [0.2, 0.25) is 0 Å². The Morgan fingerprint density at radius 1 is 1.10 bits per heavy atom. The summed E-state index contributed by atoms with van der Waals surface area (Å²) in [4.78, 5) is 13.6. The van der Waals surface area contributed by atoms with Crippen molar-refractivity contribution in [2.24, 2.45) is 0 Å². The first-order valence-electron chi connectivity index (χ1n) is 7.08. The topological polar surface area (TPSA) is 50.7 Å². The van der Waals surface area contributed by atoms with E-state index in [0.29, 0.717) is 6.42 Å². The minimum absolute atomic E-state index is 0.694. The van der Waals surface area contributed by atoms with Crippen LogP contribution in [0.5, 0.6) is 0 Å². The van der Waals surface area contributed by atoms with Gasteiger partial charge in [0.15, 0.2) is 0 Å². The van der Waals surface area contributed by atoms with E-state index in [2.05, 4.69) is 34.1 Å². The van der Waals surface area contributed by atoms with Crippen molar-refractivity contribution in [3.8, 4) is 0 Å². The number of nitrogens with zero attached hydrogens (tertiary/aromatic N) is 3. The maximum atomic E-state index is 4.64. The summed E-state index contributed by atoms with van der Waals surface area (Å²) in [5.41, 5.74) is 4.48. The molecule has 0 atom stereocenters. The monoisotopic (exact) mass is 270 g/mol. The SMILES string of the molecule is CNCCCc1c(C)nc(Cc2ccccn2)nc1C. The van der Waals surface area contributed by atoms with Gasteiger partial charge in [-0.2, -0.15) is 0 Å². The maximum Gasteiger partial charge on any atom is 0.134 e. The van der Waals surface area contributed by atoms with E-state index < -0.39 is 0 Å². The molecule has 0 saturated heterocycles. The normalized spacial score (nSPS) is 10.8. The van der Waals surface area contributed by atoms with Crippen LogP contribution in [0.25, 0.3) is 0 Å². The van der Waals surface area contributed by atoms with Crippen LogP contribution in [0.1, 0.15) is 34.9 Å². The third-order valence-electron chi connectivity index (χ3n) is 3.39. The number of rotatable bonds is 6. The molecule has 2 aromatic heterocycles. The van der Waals surface area contributed by atoms with Gasteiger partial charge >= 0.3 is 0 Å². The number of pyridine rings is 1. The van der Waals surface area contributed by atoms with Gasteiger partial charge in [-0.1, -0.05) is 6.07 Å². The second-order valence-electron chi connectivity index (χ2n) is 4.99. The van der Waals surface area contributed by atoms with E-state index in [4.69, 9.17) is 0 Å². The Morgan fingerprint density at radius 2 is 1.85 bits per heavy atom. The number of nitrogens with one attached hydrogen (secondary N) is 1. The zero-order valence-corrected chi connectivity index (χ0v) is 12.5. The van der Waals surface area contributed by atoms with Gasteiger partial charge in [0.05, 0.1) is 6.42 Å². The molecule has 0 aliphatic rings. The van der Waals surface area contributed by atoms with Crippen molar-refractivity contribution in [3.05, 3.63) is 52.9 Å². The van der Waals surface area contributed by atoms with Crippen molar-refractivity contribution in [1.82, 2.24) is 20.3 Å². The molecule has 2 aromatic rings. The lowest BCUT2D eigenvalue weighted by atomic mass is 10.1. The van der Waals surface area contributed by atoms with Crippen LogP contribution in [0.3, 0.4) is 0 Å². The average Bonchev–Trinajstić information content (AvgIpc) is 2.43. The molecule has 0 bridgehead atoms. The van der Waals surface area contributed by atoms with Gasteiger partial charge in [-0.05, 0) is 58.0 Å². The average molecular weight is 270 g/mol. The molecule has 106 valence electrons. The van der Waals surface area contributed by atoms with Crippen LogP contribution in [0.4, 0.5) is 0 Å². The van der Waals surface area contributed by atoms with Crippen molar-refractivity contribution in [3.63, 3.8) is 0 Å². The first-order valence-corrected chi connectivity index (χ1v) is 7.08. The molecule has 20 heavy (non-hydrogen) atoms. The molecular weight excluding hydrogens is 248 g/mol. The third kappa shape index (κ3) is 3.84. The molecule has 0 aliphatic carbocycles. The summed E-state index contributed by atoms with van der Waals surface area (Å²) in [7, 11) is 1.98. The number of hydrogen-bond acceptors (Lipinski definition) is 4. The molecular formula is C16H22N4. The summed E-state index contributed by atoms with van der Waals surface area (Å²) in [6.07, 6.45) is 4.64. The molecule has 0 aliphatic heterocycles. The van der Waals surface area contributed by atoms with Crippen molar-refractivity contribution in [1.29, 1.82) is 0 Å². The summed E-state index contributed by atoms with van der Waals surface area (Å²) in [6, 6.07) is 5.93.